The Hall–Kier alpha value is -1.35. The SMILES string of the molecule is Cc1ccc2nc([C@H]3CCCN3)[nH]c2c1. The third-order valence-electron chi connectivity index (χ3n) is 3.05. The predicted octanol–water partition coefficient (Wildman–Crippen LogP) is 2.30. The summed E-state index contributed by atoms with van der Waals surface area (Å²) >= 11 is 0. The Morgan fingerprint density at radius 1 is 1.40 bits per heavy atom. The summed E-state index contributed by atoms with van der Waals surface area (Å²) in [5, 5.41) is 3.45. The summed E-state index contributed by atoms with van der Waals surface area (Å²) < 4.78 is 0. The Kier molecular flexibility index (Phi) is 1.99. The fourth-order valence-electron chi connectivity index (χ4n) is 2.23. The van der Waals surface area contributed by atoms with E-state index in [1.807, 2.05) is 0 Å². The summed E-state index contributed by atoms with van der Waals surface area (Å²) in [5.41, 5.74) is 3.50. The van der Waals surface area contributed by atoms with Crippen LogP contribution in [-0.2, 0) is 0 Å². The third kappa shape index (κ3) is 1.53. The van der Waals surface area contributed by atoms with Crippen LogP contribution >= 0.6 is 0 Å². The van der Waals surface area contributed by atoms with Crippen LogP contribution in [-0.4, -0.2) is 16.5 Å². The minimum atomic E-state index is 0.428. The largest absolute Gasteiger partial charge is 0.341 e. The van der Waals surface area contributed by atoms with E-state index in [9.17, 15) is 0 Å². The molecule has 2 aromatic rings. The van der Waals surface area contributed by atoms with E-state index in [-0.39, 0.29) is 0 Å². The van der Waals surface area contributed by atoms with Gasteiger partial charge in [-0.05, 0) is 44.0 Å². The quantitative estimate of drug-likeness (QED) is 0.743. The molecule has 3 heteroatoms. The van der Waals surface area contributed by atoms with Crippen LogP contribution in [0.4, 0.5) is 0 Å². The van der Waals surface area contributed by atoms with E-state index in [1.165, 1.54) is 18.4 Å². The van der Waals surface area contributed by atoms with Gasteiger partial charge in [0.2, 0.25) is 0 Å². The van der Waals surface area contributed by atoms with Crippen LogP contribution in [0.15, 0.2) is 18.2 Å². The number of hydrogen-bond donors (Lipinski definition) is 2. The van der Waals surface area contributed by atoms with Crippen molar-refractivity contribution >= 4 is 11.0 Å². The van der Waals surface area contributed by atoms with Crippen molar-refractivity contribution in [2.24, 2.45) is 0 Å². The van der Waals surface area contributed by atoms with Crippen molar-refractivity contribution in [3.05, 3.63) is 29.6 Å². The van der Waals surface area contributed by atoms with Gasteiger partial charge in [-0.1, -0.05) is 6.07 Å². The first-order valence-corrected chi connectivity index (χ1v) is 5.52. The lowest BCUT2D eigenvalue weighted by molar-refractivity contribution is 0.614. The van der Waals surface area contributed by atoms with Crippen LogP contribution in [0, 0.1) is 6.92 Å². The van der Waals surface area contributed by atoms with Crippen LogP contribution in [0.2, 0.25) is 0 Å². The fraction of sp³-hybridized carbons (Fsp3) is 0.417. The van der Waals surface area contributed by atoms with Gasteiger partial charge in [0.25, 0.3) is 0 Å². The van der Waals surface area contributed by atoms with E-state index in [1.54, 1.807) is 0 Å². The zero-order valence-corrected chi connectivity index (χ0v) is 8.88. The van der Waals surface area contributed by atoms with E-state index in [0.29, 0.717) is 6.04 Å². The molecule has 0 amide bonds. The molecule has 1 saturated heterocycles. The first-order valence-electron chi connectivity index (χ1n) is 5.52. The van der Waals surface area contributed by atoms with Crippen molar-refractivity contribution in [1.82, 2.24) is 15.3 Å². The van der Waals surface area contributed by atoms with Gasteiger partial charge in [0.15, 0.2) is 0 Å². The van der Waals surface area contributed by atoms with Crippen molar-refractivity contribution in [3.8, 4) is 0 Å². The summed E-state index contributed by atoms with van der Waals surface area (Å²) in [5.74, 6) is 1.09. The Morgan fingerprint density at radius 2 is 2.33 bits per heavy atom. The van der Waals surface area contributed by atoms with Gasteiger partial charge in [-0.15, -0.1) is 0 Å². The summed E-state index contributed by atoms with van der Waals surface area (Å²) in [7, 11) is 0. The lowest BCUT2D eigenvalue weighted by Gasteiger charge is -2.04. The van der Waals surface area contributed by atoms with Crippen molar-refractivity contribution in [3.63, 3.8) is 0 Å². The number of imidazole rings is 1. The normalized spacial score (nSPS) is 21.3. The molecule has 1 aromatic carbocycles. The number of aromatic nitrogens is 2. The summed E-state index contributed by atoms with van der Waals surface area (Å²) in [6.45, 7) is 3.22. The number of nitrogens with one attached hydrogen (secondary N) is 2. The molecule has 0 unspecified atom stereocenters. The summed E-state index contributed by atoms with van der Waals surface area (Å²) in [4.78, 5) is 8.02. The number of fused-ring (bicyclic) bond motifs is 1. The highest BCUT2D eigenvalue weighted by molar-refractivity contribution is 5.75. The second-order valence-electron chi connectivity index (χ2n) is 4.29. The molecular formula is C12H15N3. The zero-order valence-electron chi connectivity index (χ0n) is 8.88. The fourth-order valence-corrected chi connectivity index (χ4v) is 2.23. The van der Waals surface area contributed by atoms with Crippen molar-refractivity contribution in [2.75, 3.05) is 6.54 Å². The van der Waals surface area contributed by atoms with Gasteiger partial charge in [-0.3, -0.25) is 0 Å². The molecule has 0 aliphatic carbocycles. The standard InChI is InChI=1S/C12H15N3/c1-8-4-5-9-11(7-8)15-12(14-9)10-3-2-6-13-10/h4-5,7,10,13H,2-3,6H2,1H3,(H,14,15)/t10-/m1/s1. The van der Waals surface area contributed by atoms with Gasteiger partial charge in [0.1, 0.15) is 5.82 Å². The molecule has 3 rings (SSSR count). The molecule has 2 N–H and O–H groups in total. The molecule has 0 bridgehead atoms. The van der Waals surface area contributed by atoms with Crippen molar-refractivity contribution < 1.29 is 0 Å². The third-order valence-corrected chi connectivity index (χ3v) is 3.05. The Morgan fingerprint density at radius 3 is 3.13 bits per heavy atom. The number of aromatic amines is 1. The van der Waals surface area contributed by atoms with Gasteiger partial charge < -0.3 is 10.3 Å². The molecular weight excluding hydrogens is 186 g/mol. The first kappa shape index (κ1) is 8.92. The number of nitrogens with zero attached hydrogens (tertiary/aromatic N) is 1. The van der Waals surface area contributed by atoms with Gasteiger partial charge in [-0.2, -0.15) is 0 Å². The van der Waals surface area contributed by atoms with E-state index < -0.39 is 0 Å². The number of H-pyrrole nitrogens is 1. The molecule has 3 nitrogen and oxygen atoms in total. The highest BCUT2D eigenvalue weighted by Crippen LogP contribution is 2.23. The molecule has 0 spiro atoms. The zero-order chi connectivity index (χ0) is 10.3. The van der Waals surface area contributed by atoms with E-state index in [0.717, 1.165) is 23.4 Å². The molecule has 78 valence electrons. The molecule has 0 radical (unpaired) electrons. The summed E-state index contributed by atoms with van der Waals surface area (Å²) in [6.07, 6.45) is 2.44. The minimum absolute atomic E-state index is 0.428. The van der Waals surface area contributed by atoms with Crippen LogP contribution < -0.4 is 5.32 Å². The lowest BCUT2D eigenvalue weighted by atomic mass is 10.2. The monoisotopic (exact) mass is 201 g/mol. The van der Waals surface area contributed by atoms with E-state index >= 15 is 0 Å². The second kappa shape index (κ2) is 3.35. The molecule has 1 fully saturated rings. The Balaban J connectivity index is 2.05. The number of aryl methyl sites for hydroxylation is 1. The van der Waals surface area contributed by atoms with E-state index in [4.69, 9.17) is 0 Å². The maximum atomic E-state index is 4.62. The van der Waals surface area contributed by atoms with Gasteiger partial charge >= 0.3 is 0 Å². The number of rotatable bonds is 1. The van der Waals surface area contributed by atoms with Gasteiger partial charge in [0.05, 0.1) is 17.1 Å². The van der Waals surface area contributed by atoms with Gasteiger partial charge in [0, 0.05) is 0 Å². The van der Waals surface area contributed by atoms with E-state index in [2.05, 4.69) is 40.4 Å². The molecule has 15 heavy (non-hydrogen) atoms. The maximum absolute atomic E-state index is 4.62. The molecule has 2 heterocycles. The first-order chi connectivity index (χ1) is 7.33. The Labute approximate surface area is 88.9 Å². The summed E-state index contributed by atoms with van der Waals surface area (Å²) in [6, 6.07) is 6.77. The molecule has 1 atom stereocenters. The lowest BCUT2D eigenvalue weighted by Crippen LogP contribution is -2.13. The average Bonchev–Trinajstić information content (AvgIpc) is 2.84. The van der Waals surface area contributed by atoms with Crippen molar-refractivity contribution in [2.45, 2.75) is 25.8 Å². The Bertz CT molecular complexity index is 481. The van der Waals surface area contributed by atoms with Crippen molar-refractivity contribution in [1.29, 1.82) is 0 Å². The number of hydrogen-bond acceptors (Lipinski definition) is 2. The second-order valence-corrected chi connectivity index (χ2v) is 4.29. The van der Waals surface area contributed by atoms with Crippen LogP contribution in [0.25, 0.3) is 11.0 Å². The van der Waals surface area contributed by atoms with Gasteiger partial charge in [-0.25, -0.2) is 4.98 Å². The molecule has 0 saturated carbocycles. The predicted molar refractivity (Wildman–Crippen MR) is 60.8 cm³/mol. The average molecular weight is 201 g/mol. The molecule has 1 aliphatic heterocycles. The van der Waals surface area contributed by atoms with Crippen LogP contribution in [0.5, 0.6) is 0 Å². The number of benzene rings is 1. The van der Waals surface area contributed by atoms with Crippen LogP contribution in [0.3, 0.4) is 0 Å². The highest BCUT2D eigenvalue weighted by atomic mass is 15.0. The maximum Gasteiger partial charge on any atom is 0.124 e. The van der Waals surface area contributed by atoms with Crippen LogP contribution in [0.1, 0.15) is 30.3 Å². The highest BCUT2D eigenvalue weighted by Gasteiger charge is 2.19. The molecule has 1 aromatic heterocycles. The molecule has 1 aliphatic rings. The smallest absolute Gasteiger partial charge is 0.124 e. The minimum Gasteiger partial charge on any atom is -0.341 e. The topological polar surface area (TPSA) is 40.7 Å².